The summed E-state index contributed by atoms with van der Waals surface area (Å²) in [5, 5.41) is 6.40. The number of likely N-dealkylation sites (tertiary alicyclic amines) is 1. The van der Waals surface area contributed by atoms with Gasteiger partial charge < -0.3 is 15.1 Å². The summed E-state index contributed by atoms with van der Waals surface area (Å²) in [6.45, 7) is 7.98. The Bertz CT molecular complexity index is 461. The van der Waals surface area contributed by atoms with Crippen molar-refractivity contribution in [3.8, 4) is 0 Å². The maximum atomic E-state index is 5.66. The van der Waals surface area contributed by atoms with Crippen LogP contribution in [0.4, 0.5) is 0 Å². The highest BCUT2D eigenvalue weighted by atomic mass is 127. The summed E-state index contributed by atoms with van der Waals surface area (Å²) in [6, 6.07) is 0. The molecule has 2 rings (SSSR count). The number of rotatable bonds is 4. The highest BCUT2D eigenvalue weighted by Crippen LogP contribution is 2.19. The van der Waals surface area contributed by atoms with Gasteiger partial charge in [0.15, 0.2) is 5.96 Å². The van der Waals surface area contributed by atoms with E-state index in [1.807, 2.05) is 20.9 Å². The lowest BCUT2D eigenvalue weighted by molar-refractivity contribution is 0.164. The summed E-state index contributed by atoms with van der Waals surface area (Å²) in [5.74, 6) is 3.35. The second kappa shape index (κ2) is 9.34. The number of aryl methyl sites for hydroxylation is 2. The maximum Gasteiger partial charge on any atom is 0.208 e. The van der Waals surface area contributed by atoms with Crippen LogP contribution >= 0.6 is 24.0 Å². The van der Waals surface area contributed by atoms with Gasteiger partial charge in [0.05, 0.1) is 12.2 Å². The van der Waals surface area contributed by atoms with Gasteiger partial charge in [0.2, 0.25) is 5.89 Å². The van der Waals surface area contributed by atoms with Crippen LogP contribution in [0.15, 0.2) is 9.41 Å². The van der Waals surface area contributed by atoms with Crippen molar-refractivity contribution in [2.75, 3.05) is 33.7 Å². The molecule has 2 N–H and O–H groups in total. The van der Waals surface area contributed by atoms with Crippen LogP contribution in [0.3, 0.4) is 0 Å². The number of piperidine rings is 1. The minimum absolute atomic E-state index is 0. The summed E-state index contributed by atoms with van der Waals surface area (Å²) in [5.41, 5.74) is 1.00. The molecule has 0 aromatic carbocycles. The summed E-state index contributed by atoms with van der Waals surface area (Å²) in [4.78, 5) is 11.0. The fourth-order valence-electron chi connectivity index (χ4n) is 2.67. The monoisotopic (exact) mass is 421 g/mol. The SMILES string of the molecule is CN=C(NC)NCC1CCN(Cc2nc(C)c(C)o2)CC1.I. The van der Waals surface area contributed by atoms with Crippen molar-refractivity contribution in [3.63, 3.8) is 0 Å². The molecule has 7 heteroatoms. The smallest absolute Gasteiger partial charge is 0.208 e. The number of oxazole rings is 1. The zero-order valence-electron chi connectivity index (χ0n) is 14.0. The van der Waals surface area contributed by atoms with Gasteiger partial charge in [-0.1, -0.05) is 0 Å². The lowest BCUT2D eigenvalue weighted by Gasteiger charge is -2.31. The molecule has 1 aliphatic rings. The molecule has 0 unspecified atom stereocenters. The van der Waals surface area contributed by atoms with Gasteiger partial charge in [-0.25, -0.2) is 4.98 Å². The van der Waals surface area contributed by atoms with Crippen molar-refractivity contribution in [2.45, 2.75) is 33.2 Å². The zero-order valence-corrected chi connectivity index (χ0v) is 16.3. The first-order valence-corrected chi connectivity index (χ1v) is 7.66. The summed E-state index contributed by atoms with van der Waals surface area (Å²) < 4.78 is 5.66. The first-order valence-electron chi connectivity index (χ1n) is 7.66. The van der Waals surface area contributed by atoms with Crippen LogP contribution < -0.4 is 10.6 Å². The fourth-order valence-corrected chi connectivity index (χ4v) is 2.67. The molecule has 1 aromatic rings. The third-order valence-corrected chi connectivity index (χ3v) is 4.16. The van der Waals surface area contributed by atoms with Crippen LogP contribution in [0.5, 0.6) is 0 Å². The Hall–Kier alpha value is -0.830. The Kier molecular flexibility index (Phi) is 8.16. The predicted molar refractivity (Wildman–Crippen MR) is 99.8 cm³/mol. The topological polar surface area (TPSA) is 65.7 Å². The van der Waals surface area contributed by atoms with Gasteiger partial charge >= 0.3 is 0 Å². The lowest BCUT2D eigenvalue weighted by Crippen LogP contribution is -2.41. The van der Waals surface area contributed by atoms with Gasteiger partial charge in [0.25, 0.3) is 0 Å². The van der Waals surface area contributed by atoms with E-state index < -0.39 is 0 Å². The van der Waals surface area contributed by atoms with E-state index in [1.54, 1.807) is 7.05 Å². The fraction of sp³-hybridized carbons (Fsp3) is 0.733. The Morgan fingerprint density at radius 2 is 2.05 bits per heavy atom. The number of nitrogens with zero attached hydrogens (tertiary/aromatic N) is 3. The highest BCUT2D eigenvalue weighted by molar-refractivity contribution is 14.0. The van der Waals surface area contributed by atoms with Crippen molar-refractivity contribution in [1.29, 1.82) is 0 Å². The van der Waals surface area contributed by atoms with E-state index in [0.29, 0.717) is 5.92 Å². The third kappa shape index (κ3) is 5.42. The second-order valence-corrected chi connectivity index (χ2v) is 5.67. The van der Waals surface area contributed by atoms with Crippen LogP contribution in [-0.2, 0) is 6.54 Å². The molecule has 22 heavy (non-hydrogen) atoms. The molecule has 6 nitrogen and oxygen atoms in total. The molecule has 0 atom stereocenters. The first-order chi connectivity index (χ1) is 10.1. The lowest BCUT2D eigenvalue weighted by atomic mass is 9.97. The van der Waals surface area contributed by atoms with Crippen LogP contribution in [0.2, 0.25) is 0 Å². The minimum atomic E-state index is 0. The molecule has 2 heterocycles. The van der Waals surface area contributed by atoms with Gasteiger partial charge in [-0.2, -0.15) is 0 Å². The van der Waals surface area contributed by atoms with Crippen molar-refractivity contribution < 1.29 is 4.42 Å². The normalized spacial score (nSPS) is 17.2. The van der Waals surface area contributed by atoms with Crippen molar-refractivity contribution in [1.82, 2.24) is 20.5 Å². The van der Waals surface area contributed by atoms with Gasteiger partial charge in [0, 0.05) is 20.6 Å². The van der Waals surface area contributed by atoms with E-state index in [0.717, 1.165) is 49.5 Å². The van der Waals surface area contributed by atoms with Gasteiger partial charge in [-0.05, 0) is 45.7 Å². The van der Waals surface area contributed by atoms with Crippen molar-refractivity contribution >= 4 is 29.9 Å². The molecule has 0 bridgehead atoms. The van der Waals surface area contributed by atoms with E-state index in [1.165, 1.54) is 12.8 Å². The number of aliphatic imine (C=N–C) groups is 1. The molecule has 0 aliphatic carbocycles. The Labute approximate surface area is 150 Å². The van der Waals surface area contributed by atoms with Gasteiger partial charge in [0.1, 0.15) is 5.76 Å². The molecular weight excluding hydrogens is 393 g/mol. The zero-order chi connectivity index (χ0) is 15.2. The van der Waals surface area contributed by atoms with Crippen LogP contribution in [0.25, 0.3) is 0 Å². The first kappa shape index (κ1) is 19.2. The molecule has 1 aromatic heterocycles. The molecular formula is C15H28IN5O. The number of hydrogen-bond donors (Lipinski definition) is 2. The van der Waals surface area contributed by atoms with Gasteiger partial charge in [-0.15, -0.1) is 24.0 Å². The third-order valence-electron chi connectivity index (χ3n) is 4.16. The summed E-state index contributed by atoms with van der Waals surface area (Å²) in [6.07, 6.45) is 2.40. The predicted octanol–water partition coefficient (Wildman–Crippen LogP) is 1.92. The highest BCUT2D eigenvalue weighted by Gasteiger charge is 2.20. The van der Waals surface area contributed by atoms with Crippen molar-refractivity contribution in [2.24, 2.45) is 10.9 Å². The van der Waals surface area contributed by atoms with E-state index in [2.05, 4.69) is 25.5 Å². The largest absolute Gasteiger partial charge is 0.444 e. The molecule has 1 aliphatic heterocycles. The second-order valence-electron chi connectivity index (χ2n) is 5.67. The molecule has 1 fully saturated rings. The van der Waals surface area contributed by atoms with Crippen molar-refractivity contribution in [3.05, 3.63) is 17.3 Å². The van der Waals surface area contributed by atoms with E-state index >= 15 is 0 Å². The molecule has 0 amide bonds. The summed E-state index contributed by atoms with van der Waals surface area (Å²) in [7, 11) is 3.68. The van der Waals surface area contributed by atoms with Crippen LogP contribution in [0, 0.1) is 19.8 Å². The van der Waals surface area contributed by atoms with Crippen LogP contribution in [0.1, 0.15) is 30.2 Å². The number of hydrogen-bond acceptors (Lipinski definition) is 4. The van der Waals surface area contributed by atoms with E-state index in [9.17, 15) is 0 Å². The molecule has 0 radical (unpaired) electrons. The number of nitrogens with one attached hydrogen (secondary N) is 2. The molecule has 1 saturated heterocycles. The quantitative estimate of drug-likeness (QED) is 0.442. The maximum absolute atomic E-state index is 5.66. The molecule has 0 spiro atoms. The Balaban J connectivity index is 0.00000242. The van der Waals surface area contributed by atoms with Crippen LogP contribution in [-0.4, -0.2) is 49.6 Å². The Morgan fingerprint density at radius 1 is 1.36 bits per heavy atom. The standard InChI is InChI=1S/C15H27N5O.HI/c1-11-12(2)21-14(19-11)10-20-7-5-13(6-8-20)9-18-15(16-3)17-4;/h13H,5-10H2,1-4H3,(H2,16,17,18);1H. The molecule has 0 saturated carbocycles. The van der Waals surface area contributed by atoms with E-state index in [-0.39, 0.29) is 24.0 Å². The van der Waals surface area contributed by atoms with E-state index in [4.69, 9.17) is 4.42 Å². The average Bonchev–Trinajstić information content (AvgIpc) is 2.80. The number of halogens is 1. The Morgan fingerprint density at radius 3 is 2.55 bits per heavy atom. The molecule has 126 valence electrons. The average molecular weight is 421 g/mol. The number of aromatic nitrogens is 1. The summed E-state index contributed by atoms with van der Waals surface area (Å²) >= 11 is 0. The minimum Gasteiger partial charge on any atom is -0.444 e. The number of guanidine groups is 1. The van der Waals surface area contributed by atoms with Gasteiger partial charge in [-0.3, -0.25) is 9.89 Å².